The third kappa shape index (κ3) is 6.34. The van der Waals surface area contributed by atoms with E-state index in [0.717, 1.165) is 33.8 Å². The number of carbonyl (C=O) groups excluding carboxylic acids is 2. The van der Waals surface area contributed by atoms with Crippen LogP contribution in [-0.4, -0.2) is 29.7 Å². The SMILES string of the molecule is COc1ccc(CNC(=O)CSc2nc(C)cc(C)c2C(=O)Nc2cccc(C)c2)cc1. The molecule has 0 saturated carbocycles. The van der Waals surface area contributed by atoms with E-state index in [0.29, 0.717) is 17.1 Å². The number of ether oxygens (including phenoxy) is 1. The molecule has 6 nitrogen and oxygen atoms in total. The van der Waals surface area contributed by atoms with Crippen molar-refractivity contribution in [1.82, 2.24) is 10.3 Å². The molecule has 0 aliphatic carbocycles. The zero-order chi connectivity index (χ0) is 23.1. The van der Waals surface area contributed by atoms with E-state index < -0.39 is 0 Å². The Morgan fingerprint density at radius 2 is 1.78 bits per heavy atom. The fraction of sp³-hybridized carbons (Fsp3) is 0.240. The van der Waals surface area contributed by atoms with E-state index in [-0.39, 0.29) is 17.6 Å². The summed E-state index contributed by atoms with van der Waals surface area (Å²) in [6.07, 6.45) is 0. The van der Waals surface area contributed by atoms with Gasteiger partial charge in [-0.25, -0.2) is 4.98 Å². The van der Waals surface area contributed by atoms with E-state index in [9.17, 15) is 9.59 Å². The first-order chi connectivity index (χ1) is 15.4. The van der Waals surface area contributed by atoms with E-state index in [4.69, 9.17) is 4.74 Å². The Kier molecular flexibility index (Phi) is 7.89. The maximum absolute atomic E-state index is 13.0. The van der Waals surface area contributed by atoms with Gasteiger partial charge < -0.3 is 15.4 Å². The number of amides is 2. The minimum Gasteiger partial charge on any atom is -0.497 e. The summed E-state index contributed by atoms with van der Waals surface area (Å²) < 4.78 is 5.15. The number of aromatic nitrogens is 1. The number of thioether (sulfide) groups is 1. The zero-order valence-corrected chi connectivity index (χ0v) is 19.5. The number of methoxy groups -OCH3 is 1. The highest BCUT2D eigenvalue weighted by Gasteiger charge is 2.18. The third-order valence-electron chi connectivity index (χ3n) is 4.80. The molecule has 0 fully saturated rings. The maximum atomic E-state index is 13.0. The molecule has 0 spiro atoms. The van der Waals surface area contributed by atoms with Crippen LogP contribution < -0.4 is 15.4 Å². The molecular formula is C25H27N3O3S. The van der Waals surface area contributed by atoms with Gasteiger partial charge in [0.1, 0.15) is 10.8 Å². The first kappa shape index (κ1) is 23.3. The summed E-state index contributed by atoms with van der Waals surface area (Å²) in [4.78, 5) is 29.9. The normalized spacial score (nSPS) is 10.5. The average Bonchev–Trinajstić information content (AvgIpc) is 2.76. The highest BCUT2D eigenvalue weighted by molar-refractivity contribution is 8.00. The van der Waals surface area contributed by atoms with Crippen molar-refractivity contribution in [1.29, 1.82) is 0 Å². The second kappa shape index (κ2) is 10.8. The van der Waals surface area contributed by atoms with Crippen molar-refractivity contribution in [3.05, 3.63) is 82.5 Å². The lowest BCUT2D eigenvalue weighted by Gasteiger charge is -2.13. The number of rotatable bonds is 8. The monoisotopic (exact) mass is 449 g/mol. The topological polar surface area (TPSA) is 80.3 Å². The molecule has 166 valence electrons. The summed E-state index contributed by atoms with van der Waals surface area (Å²) in [6.45, 7) is 6.15. The number of carbonyl (C=O) groups is 2. The predicted molar refractivity (Wildman–Crippen MR) is 128 cm³/mol. The standard InChI is InChI=1S/C25H27N3O3S/c1-16-6-5-7-20(12-16)28-24(30)23-17(2)13-18(3)27-25(23)32-15-22(29)26-14-19-8-10-21(31-4)11-9-19/h5-13H,14-15H2,1-4H3,(H,26,29)(H,28,30). The number of hydrogen-bond donors (Lipinski definition) is 2. The van der Waals surface area contributed by atoms with Crippen LogP contribution in [-0.2, 0) is 11.3 Å². The largest absolute Gasteiger partial charge is 0.497 e. The second-order valence-electron chi connectivity index (χ2n) is 7.50. The summed E-state index contributed by atoms with van der Waals surface area (Å²) >= 11 is 1.26. The van der Waals surface area contributed by atoms with Gasteiger partial charge >= 0.3 is 0 Å². The van der Waals surface area contributed by atoms with Crippen molar-refractivity contribution in [2.24, 2.45) is 0 Å². The Hall–Kier alpha value is -3.32. The van der Waals surface area contributed by atoms with E-state index >= 15 is 0 Å². The Labute approximate surface area is 192 Å². The van der Waals surface area contributed by atoms with Crippen LogP contribution in [0, 0.1) is 20.8 Å². The molecule has 2 aromatic carbocycles. The summed E-state index contributed by atoms with van der Waals surface area (Å²) in [6, 6.07) is 17.0. The highest BCUT2D eigenvalue weighted by Crippen LogP contribution is 2.25. The minimum absolute atomic E-state index is 0.128. The van der Waals surface area contributed by atoms with Crippen molar-refractivity contribution in [2.45, 2.75) is 32.3 Å². The molecule has 1 aromatic heterocycles. The van der Waals surface area contributed by atoms with Crippen molar-refractivity contribution in [3.8, 4) is 5.75 Å². The number of hydrogen-bond acceptors (Lipinski definition) is 5. The molecule has 0 bridgehead atoms. The Morgan fingerprint density at radius 1 is 1.03 bits per heavy atom. The fourth-order valence-electron chi connectivity index (χ4n) is 3.23. The minimum atomic E-state index is -0.234. The van der Waals surface area contributed by atoms with Gasteiger partial charge in [0.05, 0.1) is 18.4 Å². The third-order valence-corrected chi connectivity index (χ3v) is 5.78. The van der Waals surface area contributed by atoms with Gasteiger partial charge in [-0.05, 0) is 67.8 Å². The van der Waals surface area contributed by atoms with Gasteiger partial charge in [0.25, 0.3) is 5.91 Å². The number of nitrogens with one attached hydrogen (secondary N) is 2. The molecule has 7 heteroatoms. The first-order valence-electron chi connectivity index (χ1n) is 10.2. The number of pyridine rings is 1. The van der Waals surface area contributed by atoms with E-state index in [1.54, 1.807) is 7.11 Å². The zero-order valence-electron chi connectivity index (χ0n) is 18.7. The molecule has 3 aromatic rings. The Bertz CT molecular complexity index is 1110. The molecule has 0 unspecified atom stereocenters. The van der Waals surface area contributed by atoms with Crippen molar-refractivity contribution >= 4 is 29.3 Å². The number of nitrogens with zero attached hydrogens (tertiary/aromatic N) is 1. The summed E-state index contributed by atoms with van der Waals surface area (Å²) in [7, 11) is 1.62. The van der Waals surface area contributed by atoms with Crippen LogP contribution in [0.2, 0.25) is 0 Å². The molecule has 0 aliphatic rings. The van der Waals surface area contributed by atoms with Crippen LogP contribution >= 0.6 is 11.8 Å². The second-order valence-corrected chi connectivity index (χ2v) is 8.46. The van der Waals surface area contributed by atoms with Gasteiger partial charge in [-0.1, -0.05) is 36.0 Å². The first-order valence-corrected chi connectivity index (χ1v) is 11.2. The Balaban J connectivity index is 1.66. The lowest BCUT2D eigenvalue weighted by molar-refractivity contribution is -0.118. The van der Waals surface area contributed by atoms with Crippen LogP contribution in [0.4, 0.5) is 5.69 Å². The van der Waals surface area contributed by atoms with Crippen LogP contribution in [0.25, 0.3) is 0 Å². The summed E-state index contributed by atoms with van der Waals surface area (Å²) in [5.41, 5.74) is 4.88. The van der Waals surface area contributed by atoms with E-state index in [1.807, 2.05) is 75.4 Å². The summed E-state index contributed by atoms with van der Waals surface area (Å²) in [5, 5.41) is 6.39. The molecule has 3 rings (SSSR count). The van der Waals surface area contributed by atoms with Gasteiger partial charge in [0.2, 0.25) is 5.91 Å². The number of aryl methyl sites for hydroxylation is 3. The van der Waals surface area contributed by atoms with Crippen LogP contribution in [0.1, 0.15) is 32.7 Å². The quantitative estimate of drug-likeness (QED) is 0.488. The Morgan fingerprint density at radius 3 is 2.47 bits per heavy atom. The molecule has 0 aliphatic heterocycles. The van der Waals surface area contributed by atoms with Crippen LogP contribution in [0.3, 0.4) is 0 Å². The lowest BCUT2D eigenvalue weighted by Crippen LogP contribution is -2.25. The molecular weight excluding hydrogens is 422 g/mol. The highest BCUT2D eigenvalue weighted by atomic mass is 32.2. The van der Waals surface area contributed by atoms with Crippen molar-refractivity contribution in [3.63, 3.8) is 0 Å². The molecule has 1 heterocycles. The molecule has 2 amide bonds. The van der Waals surface area contributed by atoms with Crippen molar-refractivity contribution in [2.75, 3.05) is 18.2 Å². The van der Waals surface area contributed by atoms with Crippen LogP contribution in [0.15, 0.2) is 59.6 Å². The lowest BCUT2D eigenvalue weighted by atomic mass is 10.1. The number of anilines is 1. The average molecular weight is 450 g/mol. The molecule has 32 heavy (non-hydrogen) atoms. The van der Waals surface area contributed by atoms with E-state index in [1.165, 1.54) is 11.8 Å². The van der Waals surface area contributed by atoms with Gasteiger partial charge in [-0.15, -0.1) is 0 Å². The van der Waals surface area contributed by atoms with Crippen LogP contribution in [0.5, 0.6) is 5.75 Å². The van der Waals surface area contributed by atoms with Gasteiger partial charge in [0, 0.05) is 17.9 Å². The van der Waals surface area contributed by atoms with Crippen molar-refractivity contribution < 1.29 is 14.3 Å². The van der Waals surface area contributed by atoms with Gasteiger partial charge in [0.15, 0.2) is 0 Å². The molecule has 0 radical (unpaired) electrons. The molecule has 0 saturated heterocycles. The fourth-order valence-corrected chi connectivity index (χ4v) is 4.20. The smallest absolute Gasteiger partial charge is 0.258 e. The van der Waals surface area contributed by atoms with Gasteiger partial charge in [-0.2, -0.15) is 0 Å². The summed E-state index contributed by atoms with van der Waals surface area (Å²) in [5.74, 6) is 0.572. The maximum Gasteiger partial charge on any atom is 0.258 e. The predicted octanol–water partition coefficient (Wildman–Crippen LogP) is 4.68. The van der Waals surface area contributed by atoms with Gasteiger partial charge in [-0.3, -0.25) is 9.59 Å². The number of benzene rings is 2. The molecule has 2 N–H and O–H groups in total. The molecule has 0 atom stereocenters. The van der Waals surface area contributed by atoms with E-state index in [2.05, 4.69) is 15.6 Å².